The molecule has 2 heteroatoms. The summed E-state index contributed by atoms with van der Waals surface area (Å²) in [6.45, 7) is 8.28. The van der Waals surface area contributed by atoms with Crippen LogP contribution in [0.25, 0.3) is 0 Å². The summed E-state index contributed by atoms with van der Waals surface area (Å²) >= 11 is 0. The molecule has 2 nitrogen and oxygen atoms in total. The molecular formula is C30H38O2. The highest BCUT2D eigenvalue weighted by Gasteiger charge is 2.69. The van der Waals surface area contributed by atoms with Crippen LogP contribution in [0.15, 0.2) is 60.7 Å². The summed E-state index contributed by atoms with van der Waals surface area (Å²) in [6, 6.07) is 22.3. The van der Waals surface area contributed by atoms with Gasteiger partial charge in [-0.25, -0.2) is 0 Å². The molecule has 6 rings (SSSR count). The number of ether oxygens (including phenoxy) is 2. The molecule has 3 saturated carbocycles. The zero-order valence-corrected chi connectivity index (χ0v) is 20.0. The fourth-order valence-electron chi connectivity index (χ4n) is 8.38. The SMILES string of the molecule is CC1(C)C2CCC1(C)C(OC13CCCC1(C(c1ccccc1)c1ccccc1)CCO3)C2. The Morgan fingerprint density at radius 3 is 2.06 bits per heavy atom. The summed E-state index contributed by atoms with van der Waals surface area (Å²) in [6.07, 6.45) is 8.63. The molecule has 1 heterocycles. The van der Waals surface area contributed by atoms with Gasteiger partial charge in [0.25, 0.3) is 0 Å². The Balaban J connectivity index is 1.43. The molecule has 1 aliphatic heterocycles. The predicted molar refractivity (Wildman–Crippen MR) is 128 cm³/mol. The second-order valence-electron chi connectivity index (χ2n) is 11.8. The number of fused-ring (bicyclic) bond motifs is 3. The molecule has 2 bridgehead atoms. The molecule has 3 aliphatic carbocycles. The largest absolute Gasteiger partial charge is 0.349 e. The van der Waals surface area contributed by atoms with Gasteiger partial charge in [0.2, 0.25) is 0 Å². The average Bonchev–Trinajstić information content (AvgIpc) is 3.43. The number of benzene rings is 2. The van der Waals surface area contributed by atoms with Crippen molar-refractivity contribution >= 4 is 0 Å². The van der Waals surface area contributed by atoms with E-state index in [4.69, 9.17) is 9.47 Å². The van der Waals surface area contributed by atoms with Crippen molar-refractivity contribution in [3.05, 3.63) is 71.8 Å². The number of rotatable bonds is 5. The Morgan fingerprint density at radius 2 is 1.50 bits per heavy atom. The lowest BCUT2D eigenvalue weighted by atomic mass is 9.64. The zero-order valence-electron chi connectivity index (χ0n) is 20.0. The third-order valence-electron chi connectivity index (χ3n) is 10.6. The van der Waals surface area contributed by atoms with Crippen LogP contribution in [0.4, 0.5) is 0 Å². The Morgan fingerprint density at radius 1 is 0.844 bits per heavy atom. The maximum Gasteiger partial charge on any atom is 0.175 e. The highest BCUT2D eigenvalue weighted by atomic mass is 16.7. The second kappa shape index (κ2) is 7.18. The lowest BCUT2D eigenvalue weighted by molar-refractivity contribution is -0.289. The van der Waals surface area contributed by atoms with Crippen LogP contribution in [-0.2, 0) is 9.47 Å². The van der Waals surface area contributed by atoms with Crippen molar-refractivity contribution in [2.24, 2.45) is 22.2 Å². The van der Waals surface area contributed by atoms with E-state index in [0.29, 0.717) is 17.4 Å². The first-order chi connectivity index (χ1) is 15.4. The van der Waals surface area contributed by atoms with E-state index in [2.05, 4.69) is 81.4 Å². The Kier molecular flexibility index (Phi) is 4.69. The molecule has 0 spiro atoms. The molecular weight excluding hydrogens is 392 g/mol. The van der Waals surface area contributed by atoms with Gasteiger partial charge in [0.1, 0.15) is 0 Å². The van der Waals surface area contributed by atoms with Gasteiger partial charge in [0.05, 0.1) is 12.7 Å². The van der Waals surface area contributed by atoms with Gasteiger partial charge in [-0.15, -0.1) is 0 Å². The fourth-order valence-corrected chi connectivity index (χ4v) is 8.38. The molecule has 32 heavy (non-hydrogen) atoms. The molecule has 5 atom stereocenters. The van der Waals surface area contributed by atoms with Crippen LogP contribution in [0.3, 0.4) is 0 Å². The third-order valence-corrected chi connectivity index (χ3v) is 10.6. The first kappa shape index (κ1) is 20.9. The summed E-state index contributed by atoms with van der Waals surface area (Å²) in [5.74, 6) is 0.622. The van der Waals surface area contributed by atoms with E-state index in [1.807, 2.05) is 0 Å². The van der Waals surface area contributed by atoms with E-state index in [1.54, 1.807) is 0 Å². The lowest BCUT2D eigenvalue weighted by Gasteiger charge is -2.49. The molecule has 2 aromatic carbocycles. The average molecular weight is 431 g/mol. The van der Waals surface area contributed by atoms with E-state index in [-0.39, 0.29) is 10.8 Å². The molecule has 0 aromatic heterocycles. The smallest absolute Gasteiger partial charge is 0.175 e. The quantitative estimate of drug-likeness (QED) is 0.494. The second-order valence-corrected chi connectivity index (χ2v) is 11.8. The van der Waals surface area contributed by atoms with E-state index in [9.17, 15) is 0 Å². The first-order valence-electron chi connectivity index (χ1n) is 12.8. The molecule has 4 fully saturated rings. The van der Waals surface area contributed by atoms with Crippen molar-refractivity contribution in [1.82, 2.24) is 0 Å². The van der Waals surface area contributed by atoms with Gasteiger partial charge >= 0.3 is 0 Å². The normalized spacial score (nSPS) is 39.6. The highest BCUT2D eigenvalue weighted by Crippen LogP contribution is 2.70. The summed E-state index contributed by atoms with van der Waals surface area (Å²) < 4.78 is 14.1. The maximum absolute atomic E-state index is 7.36. The Labute approximate surface area is 193 Å². The van der Waals surface area contributed by atoms with Crippen LogP contribution in [-0.4, -0.2) is 18.5 Å². The minimum Gasteiger partial charge on any atom is -0.349 e. The monoisotopic (exact) mass is 430 g/mol. The van der Waals surface area contributed by atoms with Gasteiger partial charge in [-0.2, -0.15) is 0 Å². The summed E-state index contributed by atoms with van der Waals surface area (Å²) in [5.41, 5.74) is 3.41. The van der Waals surface area contributed by atoms with Crippen LogP contribution >= 0.6 is 0 Å². The van der Waals surface area contributed by atoms with Crippen molar-refractivity contribution in [1.29, 1.82) is 0 Å². The van der Waals surface area contributed by atoms with Crippen LogP contribution in [0.5, 0.6) is 0 Å². The lowest BCUT2D eigenvalue weighted by Crippen LogP contribution is -2.52. The standard InChI is InChI=1S/C30H38O2/c1-27(2)24-15-18-28(27,3)25(21-24)32-30-17-10-16-29(30,19-20-31-30)26(22-11-6-4-7-12-22)23-13-8-5-9-14-23/h4-9,11-14,24-26H,10,15-21H2,1-3H3. The first-order valence-corrected chi connectivity index (χ1v) is 12.8. The Bertz CT molecular complexity index is 915. The molecule has 1 saturated heterocycles. The maximum atomic E-state index is 7.36. The van der Waals surface area contributed by atoms with Crippen molar-refractivity contribution < 1.29 is 9.47 Å². The molecule has 0 amide bonds. The van der Waals surface area contributed by atoms with E-state index in [0.717, 1.165) is 25.4 Å². The van der Waals surface area contributed by atoms with Crippen LogP contribution < -0.4 is 0 Å². The van der Waals surface area contributed by atoms with Crippen molar-refractivity contribution in [3.8, 4) is 0 Å². The van der Waals surface area contributed by atoms with Gasteiger partial charge in [0, 0.05) is 17.8 Å². The van der Waals surface area contributed by atoms with Gasteiger partial charge in [-0.1, -0.05) is 81.4 Å². The Hall–Kier alpha value is -1.64. The van der Waals surface area contributed by atoms with Crippen LogP contribution in [0, 0.1) is 22.2 Å². The van der Waals surface area contributed by atoms with Crippen molar-refractivity contribution in [2.45, 2.75) is 83.5 Å². The van der Waals surface area contributed by atoms with Gasteiger partial charge in [0.15, 0.2) is 5.79 Å². The number of hydrogen-bond acceptors (Lipinski definition) is 2. The predicted octanol–water partition coefficient (Wildman–Crippen LogP) is 7.34. The third kappa shape index (κ3) is 2.66. The minimum absolute atomic E-state index is 0.00194. The zero-order chi connectivity index (χ0) is 22.0. The van der Waals surface area contributed by atoms with Crippen molar-refractivity contribution in [2.75, 3.05) is 6.61 Å². The van der Waals surface area contributed by atoms with Crippen molar-refractivity contribution in [3.63, 3.8) is 0 Å². The molecule has 5 unspecified atom stereocenters. The molecule has 170 valence electrons. The molecule has 4 aliphatic rings. The van der Waals surface area contributed by atoms with E-state index < -0.39 is 5.79 Å². The fraction of sp³-hybridized carbons (Fsp3) is 0.600. The van der Waals surface area contributed by atoms with E-state index >= 15 is 0 Å². The minimum atomic E-state index is -0.461. The number of hydrogen-bond donors (Lipinski definition) is 0. The van der Waals surface area contributed by atoms with Crippen LogP contribution in [0.1, 0.15) is 82.8 Å². The topological polar surface area (TPSA) is 18.5 Å². The molecule has 0 radical (unpaired) electrons. The van der Waals surface area contributed by atoms with E-state index in [1.165, 1.54) is 43.2 Å². The van der Waals surface area contributed by atoms with Gasteiger partial charge < -0.3 is 9.47 Å². The van der Waals surface area contributed by atoms with Gasteiger partial charge in [-0.05, 0) is 66.4 Å². The summed E-state index contributed by atoms with van der Waals surface area (Å²) in [4.78, 5) is 0. The highest BCUT2D eigenvalue weighted by molar-refractivity contribution is 5.37. The molecule has 0 N–H and O–H groups in total. The van der Waals surface area contributed by atoms with Gasteiger partial charge in [-0.3, -0.25) is 0 Å². The van der Waals surface area contributed by atoms with Crippen LogP contribution in [0.2, 0.25) is 0 Å². The summed E-state index contributed by atoms with van der Waals surface area (Å²) in [5, 5.41) is 0. The summed E-state index contributed by atoms with van der Waals surface area (Å²) in [7, 11) is 0. The molecule has 2 aromatic rings.